The first kappa shape index (κ1) is 13.6. The Hall–Kier alpha value is -0.440. The van der Waals surface area contributed by atoms with Crippen LogP contribution in [0.3, 0.4) is 0 Å². The summed E-state index contributed by atoms with van der Waals surface area (Å²) in [6, 6.07) is 0. The standard InChI is InChI=1S/C14H26/c1-11(2)10-13(5)8-7-9-14(6)12(3)4/h11-14H,9-10H2,1-6H3. The van der Waals surface area contributed by atoms with Gasteiger partial charge in [0.1, 0.15) is 0 Å². The molecule has 0 aromatic rings. The highest BCUT2D eigenvalue weighted by molar-refractivity contribution is 5.03. The smallest absolute Gasteiger partial charge is 0.0177 e. The summed E-state index contributed by atoms with van der Waals surface area (Å²) in [7, 11) is 0. The second-order valence-corrected chi connectivity index (χ2v) is 5.28. The quantitative estimate of drug-likeness (QED) is 0.583. The zero-order chi connectivity index (χ0) is 11.1. The molecule has 0 radical (unpaired) electrons. The predicted molar refractivity (Wildman–Crippen MR) is 65.0 cm³/mol. The van der Waals surface area contributed by atoms with Crippen molar-refractivity contribution in [3.05, 3.63) is 0 Å². The van der Waals surface area contributed by atoms with Crippen LogP contribution < -0.4 is 0 Å². The van der Waals surface area contributed by atoms with Crippen LogP contribution in [0, 0.1) is 35.5 Å². The van der Waals surface area contributed by atoms with Crippen molar-refractivity contribution >= 4 is 0 Å². The predicted octanol–water partition coefficient (Wildman–Crippen LogP) is 4.35. The Kier molecular flexibility index (Phi) is 6.71. The van der Waals surface area contributed by atoms with Gasteiger partial charge in [-0.05, 0) is 24.2 Å². The van der Waals surface area contributed by atoms with Crippen LogP contribution in [0.25, 0.3) is 0 Å². The third-order valence-corrected chi connectivity index (χ3v) is 2.74. The van der Waals surface area contributed by atoms with E-state index in [1.807, 2.05) is 0 Å². The summed E-state index contributed by atoms with van der Waals surface area (Å²) >= 11 is 0. The van der Waals surface area contributed by atoms with Crippen LogP contribution in [0.1, 0.15) is 54.4 Å². The fourth-order valence-electron chi connectivity index (χ4n) is 1.40. The molecule has 0 aromatic heterocycles. The van der Waals surface area contributed by atoms with E-state index in [1.165, 1.54) is 6.42 Å². The molecule has 82 valence electrons. The van der Waals surface area contributed by atoms with Crippen LogP contribution in [0.5, 0.6) is 0 Å². The normalized spacial score (nSPS) is 15.1. The molecule has 0 N–H and O–H groups in total. The highest BCUT2D eigenvalue weighted by atomic mass is 14.1. The third-order valence-electron chi connectivity index (χ3n) is 2.74. The van der Waals surface area contributed by atoms with Gasteiger partial charge in [0.2, 0.25) is 0 Å². The zero-order valence-electron chi connectivity index (χ0n) is 10.7. The van der Waals surface area contributed by atoms with E-state index < -0.39 is 0 Å². The van der Waals surface area contributed by atoms with Gasteiger partial charge in [-0.1, -0.05) is 41.5 Å². The molecule has 2 atom stereocenters. The van der Waals surface area contributed by atoms with Gasteiger partial charge >= 0.3 is 0 Å². The van der Waals surface area contributed by atoms with Gasteiger partial charge in [0.05, 0.1) is 0 Å². The molecule has 0 aromatic carbocycles. The van der Waals surface area contributed by atoms with Gasteiger partial charge in [0.25, 0.3) is 0 Å². The molecule has 0 heterocycles. The molecule has 0 aliphatic heterocycles. The summed E-state index contributed by atoms with van der Waals surface area (Å²) in [4.78, 5) is 0. The molecule has 0 saturated heterocycles. The maximum Gasteiger partial charge on any atom is 0.0177 e. The van der Waals surface area contributed by atoms with Crippen molar-refractivity contribution < 1.29 is 0 Å². The van der Waals surface area contributed by atoms with Crippen molar-refractivity contribution in [2.75, 3.05) is 0 Å². The highest BCUT2D eigenvalue weighted by Crippen LogP contribution is 2.14. The lowest BCUT2D eigenvalue weighted by atomic mass is 9.94. The van der Waals surface area contributed by atoms with E-state index >= 15 is 0 Å². The maximum absolute atomic E-state index is 3.35. The summed E-state index contributed by atoms with van der Waals surface area (Å²) < 4.78 is 0. The molecular weight excluding hydrogens is 168 g/mol. The molecule has 0 amide bonds. The van der Waals surface area contributed by atoms with E-state index in [0.717, 1.165) is 24.2 Å². The average Bonchev–Trinajstić information content (AvgIpc) is 2.02. The van der Waals surface area contributed by atoms with Gasteiger partial charge in [-0.25, -0.2) is 0 Å². The SMILES string of the molecule is CC(C)CC(C)C#CCC(C)C(C)C. The summed E-state index contributed by atoms with van der Waals surface area (Å²) in [6.07, 6.45) is 2.28. The molecule has 0 aliphatic carbocycles. The molecule has 0 aliphatic rings. The van der Waals surface area contributed by atoms with Gasteiger partial charge < -0.3 is 0 Å². The minimum atomic E-state index is 0.564. The minimum absolute atomic E-state index is 0.564. The van der Waals surface area contributed by atoms with E-state index in [9.17, 15) is 0 Å². The van der Waals surface area contributed by atoms with E-state index in [4.69, 9.17) is 0 Å². The van der Waals surface area contributed by atoms with Gasteiger partial charge in [0, 0.05) is 12.3 Å². The summed E-state index contributed by atoms with van der Waals surface area (Å²) in [6.45, 7) is 13.6. The van der Waals surface area contributed by atoms with Crippen molar-refractivity contribution in [3.8, 4) is 11.8 Å². The average molecular weight is 194 g/mol. The Morgan fingerprint density at radius 2 is 1.50 bits per heavy atom. The van der Waals surface area contributed by atoms with Crippen LogP contribution in [0.2, 0.25) is 0 Å². The summed E-state index contributed by atoms with van der Waals surface area (Å²) in [5.41, 5.74) is 0. The Morgan fingerprint density at radius 3 is 1.93 bits per heavy atom. The van der Waals surface area contributed by atoms with Crippen LogP contribution in [-0.2, 0) is 0 Å². The van der Waals surface area contributed by atoms with Crippen molar-refractivity contribution in [2.45, 2.75) is 54.4 Å². The molecule has 2 unspecified atom stereocenters. The summed E-state index contributed by atoms with van der Waals surface area (Å²) in [5, 5.41) is 0. The van der Waals surface area contributed by atoms with Crippen molar-refractivity contribution in [2.24, 2.45) is 23.7 Å². The largest absolute Gasteiger partial charge is 0.103 e. The third kappa shape index (κ3) is 7.01. The first-order valence-corrected chi connectivity index (χ1v) is 5.91. The Balaban J connectivity index is 3.81. The second kappa shape index (κ2) is 6.93. The van der Waals surface area contributed by atoms with Crippen molar-refractivity contribution in [3.63, 3.8) is 0 Å². The number of hydrogen-bond acceptors (Lipinski definition) is 0. The van der Waals surface area contributed by atoms with Gasteiger partial charge in [0.15, 0.2) is 0 Å². The van der Waals surface area contributed by atoms with E-state index in [1.54, 1.807) is 0 Å². The van der Waals surface area contributed by atoms with Gasteiger partial charge in [-0.2, -0.15) is 0 Å². The van der Waals surface area contributed by atoms with Crippen LogP contribution >= 0.6 is 0 Å². The molecule has 0 heteroatoms. The Labute approximate surface area is 90.5 Å². The molecule has 0 rings (SSSR count). The van der Waals surface area contributed by atoms with Crippen LogP contribution in [0.4, 0.5) is 0 Å². The molecule has 14 heavy (non-hydrogen) atoms. The number of hydrogen-bond donors (Lipinski definition) is 0. The van der Waals surface area contributed by atoms with E-state index in [-0.39, 0.29) is 0 Å². The lowest BCUT2D eigenvalue weighted by Gasteiger charge is -2.11. The lowest BCUT2D eigenvalue weighted by Crippen LogP contribution is -2.02. The van der Waals surface area contributed by atoms with Crippen LogP contribution in [0.15, 0.2) is 0 Å². The van der Waals surface area contributed by atoms with Crippen molar-refractivity contribution in [1.29, 1.82) is 0 Å². The fraction of sp³-hybridized carbons (Fsp3) is 0.857. The number of rotatable bonds is 4. The minimum Gasteiger partial charge on any atom is -0.103 e. The molecule has 0 nitrogen and oxygen atoms in total. The zero-order valence-corrected chi connectivity index (χ0v) is 10.7. The van der Waals surface area contributed by atoms with Crippen molar-refractivity contribution in [1.82, 2.24) is 0 Å². The monoisotopic (exact) mass is 194 g/mol. The highest BCUT2D eigenvalue weighted by Gasteiger charge is 2.04. The second-order valence-electron chi connectivity index (χ2n) is 5.28. The Morgan fingerprint density at radius 1 is 0.929 bits per heavy atom. The van der Waals surface area contributed by atoms with Gasteiger partial charge in [-0.3, -0.25) is 0 Å². The molecule has 0 fully saturated rings. The molecule has 0 bridgehead atoms. The van der Waals surface area contributed by atoms with E-state index in [2.05, 4.69) is 53.4 Å². The molecule has 0 saturated carbocycles. The first-order chi connectivity index (χ1) is 6.43. The molecular formula is C14H26. The summed E-state index contributed by atoms with van der Waals surface area (Å²) in [5.74, 6) is 9.49. The topological polar surface area (TPSA) is 0 Å². The first-order valence-electron chi connectivity index (χ1n) is 5.91. The van der Waals surface area contributed by atoms with E-state index in [0.29, 0.717) is 5.92 Å². The van der Waals surface area contributed by atoms with Crippen LogP contribution in [-0.4, -0.2) is 0 Å². The maximum atomic E-state index is 3.35. The Bertz CT molecular complexity index is 190. The fourth-order valence-corrected chi connectivity index (χ4v) is 1.40. The molecule has 0 spiro atoms. The van der Waals surface area contributed by atoms with Gasteiger partial charge in [-0.15, -0.1) is 11.8 Å². The lowest BCUT2D eigenvalue weighted by molar-refractivity contribution is 0.428.